The fourth-order valence-corrected chi connectivity index (χ4v) is 3.85. The largest absolute Gasteiger partial charge is 0.497 e. The van der Waals surface area contributed by atoms with Crippen molar-refractivity contribution in [1.82, 2.24) is 14.7 Å². The molecule has 3 amide bonds. The third-order valence-corrected chi connectivity index (χ3v) is 5.77. The lowest BCUT2D eigenvalue weighted by Gasteiger charge is -2.22. The number of carbonyl (C=O) groups excluding carboxylic acids is 2. The molecule has 0 saturated carbocycles. The third-order valence-electron chi connectivity index (χ3n) is 5.77. The molecule has 37 heavy (non-hydrogen) atoms. The highest BCUT2D eigenvalue weighted by atomic mass is 16.5. The molecular weight excluding hydrogens is 466 g/mol. The summed E-state index contributed by atoms with van der Waals surface area (Å²) >= 11 is 0. The van der Waals surface area contributed by atoms with E-state index >= 15 is 0 Å². The summed E-state index contributed by atoms with van der Waals surface area (Å²) in [5.74, 6) is 0.853. The van der Waals surface area contributed by atoms with E-state index in [1.54, 1.807) is 36.1 Å². The van der Waals surface area contributed by atoms with Gasteiger partial charge in [0.25, 0.3) is 0 Å². The number of unbranched alkanes of at least 4 members (excludes halogenated alkanes) is 1. The maximum atomic E-state index is 13.2. The van der Waals surface area contributed by atoms with Gasteiger partial charge in [0.1, 0.15) is 18.1 Å². The standard InChI is InChI=1S/C29H31N5O3/c1-3-4-18-33(29(36)30-23-14-11-17-25(19-23)37-2)21-28(35)31-27-20-26(22-12-7-5-8-13-22)32-34(27)24-15-9-6-10-16-24/h5-17,19-20H,3-4,18,21H2,1-2H3,(H,30,36)(H,31,35). The molecule has 0 saturated heterocycles. The van der Waals surface area contributed by atoms with E-state index in [0.29, 0.717) is 23.8 Å². The number of carbonyl (C=O) groups is 2. The molecule has 0 fully saturated rings. The average molecular weight is 498 g/mol. The predicted molar refractivity (Wildman–Crippen MR) is 146 cm³/mol. The van der Waals surface area contributed by atoms with Crippen molar-refractivity contribution in [3.63, 3.8) is 0 Å². The van der Waals surface area contributed by atoms with Crippen LogP contribution in [0.4, 0.5) is 16.3 Å². The van der Waals surface area contributed by atoms with E-state index in [-0.39, 0.29) is 18.5 Å². The second-order valence-corrected chi connectivity index (χ2v) is 8.51. The first-order valence-electron chi connectivity index (χ1n) is 12.3. The number of amides is 3. The zero-order valence-corrected chi connectivity index (χ0v) is 21.1. The molecule has 4 aromatic rings. The van der Waals surface area contributed by atoms with Crippen molar-refractivity contribution in [2.75, 3.05) is 30.8 Å². The zero-order valence-electron chi connectivity index (χ0n) is 21.1. The van der Waals surface area contributed by atoms with Crippen LogP contribution < -0.4 is 15.4 Å². The monoisotopic (exact) mass is 497 g/mol. The number of hydrogen-bond donors (Lipinski definition) is 2. The lowest BCUT2D eigenvalue weighted by atomic mass is 10.1. The molecule has 2 N–H and O–H groups in total. The molecule has 8 nitrogen and oxygen atoms in total. The van der Waals surface area contributed by atoms with Crippen LogP contribution in [0.3, 0.4) is 0 Å². The molecule has 0 atom stereocenters. The second kappa shape index (κ2) is 12.4. The Morgan fingerprint density at radius 2 is 1.65 bits per heavy atom. The molecular formula is C29H31N5O3. The highest BCUT2D eigenvalue weighted by molar-refractivity contribution is 5.97. The molecule has 0 spiro atoms. The van der Waals surface area contributed by atoms with Gasteiger partial charge in [0.2, 0.25) is 5.91 Å². The molecule has 0 radical (unpaired) electrons. The highest BCUT2D eigenvalue weighted by Crippen LogP contribution is 2.25. The Kier molecular flexibility index (Phi) is 8.54. The molecule has 0 bridgehead atoms. The summed E-state index contributed by atoms with van der Waals surface area (Å²) in [5.41, 5.74) is 3.09. The van der Waals surface area contributed by atoms with Crippen LogP contribution in [0, 0.1) is 0 Å². The molecule has 3 aromatic carbocycles. The minimum Gasteiger partial charge on any atom is -0.497 e. The zero-order chi connectivity index (χ0) is 26.0. The van der Waals surface area contributed by atoms with Gasteiger partial charge in [-0.2, -0.15) is 5.10 Å². The average Bonchev–Trinajstić information content (AvgIpc) is 3.35. The van der Waals surface area contributed by atoms with Crippen LogP contribution in [0.15, 0.2) is 91.0 Å². The Morgan fingerprint density at radius 3 is 2.35 bits per heavy atom. The summed E-state index contributed by atoms with van der Waals surface area (Å²) in [6, 6.07) is 28.0. The van der Waals surface area contributed by atoms with Crippen LogP contribution in [0.2, 0.25) is 0 Å². The maximum absolute atomic E-state index is 13.2. The van der Waals surface area contributed by atoms with Gasteiger partial charge in [0, 0.05) is 29.9 Å². The summed E-state index contributed by atoms with van der Waals surface area (Å²) in [6.45, 7) is 2.39. The molecule has 190 valence electrons. The van der Waals surface area contributed by atoms with E-state index in [1.165, 1.54) is 4.90 Å². The SMILES string of the molecule is CCCCN(CC(=O)Nc1cc(-c2ccccc2)nn1-c1ccccc1)C(=O)Nc1cccc(OC)c1. The van der Waals surface area contributed by atoms with Crippen molar-refractivity contribution < 1.29 is 14.3 Å². The van der Waals surface area contributed by atoms with E-state index in [1.807, 2.05) is 73.7 Å². The maximum Gasteiger partial charge on any atom is 0.322 e. The number of ether oxygens (including phenoxy) is 1. The third kappa shape index (κ3) is 6.76. The van der Waals surface area contributed by atoms with Crippen molar-refractivity contribution in [2.45, 2.75) is 19.8 Å². The van der Waals surface area contributed by atoms with Crippen LogP contribution in [0.5, 0.6) is 5.75 Å². The van der Waals surface area contributed by atoms with Gasteiger partial charge in [-0.3, -0.25) is 4.79 Å². The summed E-state index contributed by atoms with van der Waals surface area (Å²) in [5, 5.41) is 10.6. The first-order valence-corrected chi connectivity index (χ1v) is 12.3. The molecule has 0 aliphatic carbocycles. The lowest BCUT2D eigenvalue weighted by molar-refractivity contribution is -0.116. The van der Waals surface area contributed by atoms with Gasteiger partial charge in [-0.25, -0.2) is 9.48 Å². The van der Waals surface area contributed by atoms with E-state index in [4.69, 9.17) is 9.84 Å². The molecule has 0 unspecified atom stereocenters. The number of nitrogens with zero attached hydrogens (tertiary/aromatic N) is 3. The van der Waals surface area contributed by atoms with E-state index in [9.17, 15) is 9.59 Å². The number of hydrogen-bond acceptors (Lipinski definition) is 4. The highest BCUT2D eigenvalue weighted by Gasteiger charge is 2.20. The first-order chi connectivity index (χ1) is 18.1. The van der Waals surface area contributed by atoms with Gasteiger partial charge < -0.3 is 20.3 Å². The molecule has 8 heteroatoms. The van der Waals surface area contributed by atoms with Crippen molar-refractivity contribution in [2.24, 2.45) is 0 Å². The van der Waals surface area contributed by atoms with E-state index < -0.39 is 0 Å². The molecule has 1 heterocycles. The number of benzene rings is 3. The molecule has 0 aliphatic rings. The smallest absolute Gasteiger partial charge is 0.322 e. The number of aromatic nitrogens is 2. The van der Waals surface area contributed by atoms with Crippen molar-refractivity contribution in [3.05, 3.63) is 91.0 Å². The number of anilines is 2. The number of para-hydroxylation sites is 1. The summed E-state index contributed by atoms with van der Waals surface area (Å²) in [7, 11) is 1.57. The molecule has 4 rings (SSSR count). The van der Waals surface area contributed by atoms with Crippen molar-refractivity contribution >= 4 is 23.4 Å². The number of urea groups is 1. The minimum absolute atomic E-state index is 0.101. The predicted octanol–water partition coefficient (Wildman–Crippen LogP) is 5.82. The fourth-order valence-electron chi connectivity index (χ4n) is 3.85. The van der Waals surface area contributed by atoms with Gasteiger partial charge in [-0.05, 0) is 30.7 Å². The van der Waals surface area contributed by atoms with Crippen LogP contribution in [0.1, 0.15) is 19.8 Å². The second-order valence-electron chi connectivity index (χ2n) is 8.51. The summed E-state index contributed by atoms with van der Waals surface area (Å²) in [4.78, 5) is 27.8. The Hall–Kier alpha value is -4.59. The van der Waals surface area contributed by atoms with Crippen LogP contribution in [0.25, 0.3) is 16.9 Å². The molecule has 0 aliphatic heterocycles. The first kappa shape index (κ1) is 25.5. The van der Waals surface area contributed by atoms with Gasteiger partial charge in [0.15, 0.2) is 0 Å². The summed E-state index contributed by atoms with van der Waals surface area (Å²) < 4.78 is 6.94. The van der Waals surface area contributed by atoms with Crippen LogP contribution >= 0.6 is 0 Å². The van der Waals surface area contributed by atoms with E-state index in [0.717, 1.165) is 29.8 Å². The Bertz CT molecular complexity index is 1320. The fraction of sp³-hybridized carbons (Fsp3) is 0.207. The molecule has 1 aromatic heterocycles. The van der Waals surface area contributed by atoms with Gasteiger partial charge in [0.05, 0.1) is 18.5 Å². The Labute approximate surface area is 216 Å². The number of rotatable bonds is 10. The van der Waals surface area contributed by atoms with Crippen LogP contribution in [-0.4, -0.2) is 46.8 Å². The number of nitrogens with one attached hydrogen (secondary N) is 2. The number of methoxy groups -OCH3 is 1. The Morgan fingerprint density at radius 1 is 0.919 bits per heavy atom. The normalized spacial score (nSPS) is 10.5. The van der Waals surface area contributed by atoms with Gasteiger partial charge >= 0.3 is 6.03 Å². The lowest BCUT2D eigenvalue weighted by Crippen LogP contribution is -2.41. The summed E-state index contributed by atoms with van der Waals surface area (Å²) in [6.07, 6.45) is 1.67. The van der Waals surface area contributed by atoms with Gasteiger partial charge in [-0.15, -0.1) is 0 Å². The Balaban J connectivity index is 1.53. The topological polar surface area (TPSA) is 88.5 Å². The van der Waals surface area contributed by atoms with Crippen LogP contribution in [-0.2, 0) is 4.79 Å². The van der Waals surface area contributed by atoms with Crippen molar-refractivity contribution in [1.29, 1.82) is 0 Å². The minimum atomic E-state index is -0.349. The van der Waals surface area contributed by atoms with E-state index in [2.05, 4.69) is 10.6 Å². The van der Waals surface area contributed by atoms with Crippen molar-refractivity contribution in [3.8, 4) is 22.7 Å². The van der Waals surface area contributed by atoms with Gasteiger partial charge in [-0.1, -0.05) is 67.9 Å². The quantitative estimate of drug-likeness (QED) is 0.289.